The summed E-state index contributed by atoms with van der Waals surface area (Å²) in [5.74, 6) is 0.256. The second kappa shape index (κ2) is 5.24. The first-order valence-corrected chi connectivity index (χ1v) is 6.38. The van der Waals surface area contributed by atoms with Gasteiger partial charge < -0.3 is 9.55 Å². The van der Waals surface area contributed by atoms with Crippen LogP contribution in [0.4, 0.5) is 5.69 Å². The minimum Gasteiger partial charge on any atom is -0.308 e. The normalized spacial score (nSPS) is 10.7. The zero-order valence-electron chi connectivity index (χ0n) is 11.2. The molecule has 0 amide bonds. The van der Waals surface area contributed by atoms with Crippen LogP contribution in [0.5, 0.6) is 0 Å². The highest BCUT2D eigenvalue weighted by molar-refractivity contribution is 5.77. The molecule has 2 heterocycles. The molecule has 0 aliphatic heterocycles. The zero-order valence-corrected chi connectivity index (χ0v) is 11.2. The third kappa shape index (κ3) is 2.37. The van der Waals surface area contributed by atoms with Crippen molar-refractivity contribution >= 4 is 16.6 Å². The Morgan fingerprint density at radius 2 is 1.95 bits per heavy atom. The first-order valence-electron chi connectivity index (χ1n) is 6.38. The molecular weight excluding hydrogens is 288 g/mol. The van der Waals surface area contributed by atoms with Gasteiger partial charge in [0, 0.05) is 12.3 Å². The number of aromatic amines is 1. The van der Waals surface area contributed by atoms with Crippen molar-refractivity contribution in [3.8, 4) is 0 Å². The van der Waals surface area contributed by atoms with Crippen LogP contribution in [0.2, 0.25) is 0 Å². The second-order valence-corrected chi connectivity index (χ2v) is 4.61. The molecule has 3 rings (SSSR count). The molecule has 0 spiro atoms. The summed E-state index contributed by atoms with van der Waals surface area (Å²) in [5, 5.41) is 11.2. The molecule has 3 aromatic rings. The number of benzene rings is 1. The minimum atomic E-state index is -0.747. The summed E-state index contributed by atoms with van der Waals surface area (Å²) >= 11 is 0. The van der Waals surface area contributed by atoms with Crippen molar-refractivity contribution in [2.24, 2.45) is 0 Å². The number of para-hydroxylation sites is 1. The van der Waals surface area contributed by atoms with Crippen molar-refractivity contribution in [2.75, 3.05) is 0 Å². The van der Waals surface area contributed by atoms with Gasteiger partial charge in [0.1, 0.15) is 5.82 Å². The van der Waals surface area contributed by atoms with Crippen LogP contribution in [-0.2, 0) is 6.54 Å². The van der Waals surface area contributed by atoms with Gasteiger partial charge in [-0.15, -0.1) is 0 Å². The van der Waals surface area contributed by atoms with E-state index in [1.165, 1.54) is 12.3 Å². The zero-order chi connectivity index (χ0) is 15.7. The van der Waals surface area contributed by atoms with E-state index in [-0.39, 0.29) is 17.9 Å². The molecule has 1 N–H and O–H groups in total. The summed E-state index contributed by atoms with van der Waals surface area (Å²) in [7, 11) is 0. The lowest BCUT2D eigenvalue weighted by Crippen LogP contribution is -2.24. The van der Waals surface area contributed by atoms with Crippen LogP contribution in [0, 0.1) is 10.1 Å². The van der Waals surface area contributed by atoms with Crippen LogP contribution in [0.15, 0.2) is 52.2 Å². The van der Waals surface area contributed by atoms with Gasteiger partial charge in [0.05, 0.1) is 22.4 Å². The number of nitrogens with one attached hydrogen (secondary N) is 1. The van der Waals surface area contributed by atoms with Gasteiger partial charge in [-0.25, -0.2) is 4.98 Å². The summed E-state index contributed by atoms with van der Waals surface area (Å²) < 4.78 is 1.13. The summed E-state index contributed by atoms with van der Waals surface area (Å²) in [6.45, 7) is -0.0550. The molecule has 1 aromatic carbocycles. The summed E-state index contributed by atoms with van der Waals surface area (Å²) in [6.07, 6.45) is 1.41. The van der Waals surface area contributed by atoms with Crippen molar-refractivity contribution in [2.45, 2.75) is 6.54 Å². The van der Waals surface area contributed by atoms with Crippen LogP contribution >= 0.6 is 0 Å². The molecule has 0 aliphatic carbocycles. The van der Waals surface area contributed by atoms with Gasteiger partial charge in [-0.1, -0.05) is 12.1 Å². The molecule has 0 atom stereocenters. The molecule has 8 heteroatoms. The Labute approximate surface area is 122 Å². The number of hydrogen-bond acceptors (Lipinski definition) is 5. The van der Waals surface area contributed by atoms with E-state index < -0.39 is 16.2 Å². The Hall–Kier alpha value is -3.29. The van der Waals surface area contributed by atoms with Crippen molar-refractivity contribution in [1.82, 2.24) is 14.5 Å². The molecule has 0 saturated heterocycles. The van der Waals surface area contributed by atoms with Gasteiger partial charge in [-0.3, -0.25) is 19.7 Å². The number of rotatable bonds is 3. The Kier molecular flexibility index (Phi) is 3.26. The molecule has 0 aliphatic rings. The Morgan fingerprint density at radius 3 is 2.73 bits per heavy atom. The molecule has 22 heavy (non-hydrogen) atoms. The van der Waals surface area contributed by atoms with Crippen LogP contribution in [0.25, 0.3) is 10.9 Å². The average molecular weight is 298 g/mol. The highest BCUT2D eigenvalue weighted by Crippen LogP contribution is 2.07. The molecule has 0 saturated carbocycles. The first kappa shape index (κ1) is 13.7. The summed E-state index contributed by atoms with van der Waals surface area (Å²) in [5.41, 5.74) is -1.09. The topological polar surface area (TPSA) is 111 Å². The van der Waals surface area contributed by atoms with Gasteiger partial charge >= 0.3 is 11.2 Å². The highest BCUT2D eigenvalue weighted by atomic mass is 16.6. The molecular formula is C14H10N4O4. The fraction of sp³-hybridized carbons (Fsp3) is 0.0714. The smallest absolute Gasteiger partial charge is 0.308 e. The number of hydrogen-bond donors (Lipinski definition) is 1. The van der Waals surface area contributed by atoms with E-state index in [1.54, 1.807) is 24.3 Å². The van der Waals surface area contributed by atoms with E-state index in [0.29, 0.717) is 10.9 Å². The predicted molar refractivity (Wildman–Crippen MR) is 78.8 cm³/mol. The molecule has 2 aromatic heterocycles. The maximum absolute atomic E-state index is 12.0. The lowest BCUT2D eigenvalue weighted by atomic mass is 10.2. The monoisotopic (exact) mass is 298 g/mol. The van der Waals surface area contributed by atoms with E-state index >= 15 is 0 Å². The van der Waals surface area contributed by atoms with E-state index in [1.807, 2.05) is 0 Å². The summed E-state index contributed by atoms with van der Waals surface area (Å²) in [6, 6.07) is 9.34. The van der Waals surface area contributed by atoms with E-state index in [0.717, 1.165) is 10.6 Å². The molecule has 0 unspecified atom stereocenters. The van der Waals surface area contributed by atoms with Crippen molar-refractivity contribution in [3.63, 3.8) is 0 Å². The van der Waals surface area contributed by atoms with Gasteiger partial charge in [0.2, 0.25) is 0 Å². The fourth-order valence-electron chi connectivity index (χ4n) is 2.16. The Balaban J connectivity index is 2.08. The van der Waals surface area contributed by atoms with E-state index in [9.17, 15) is 19.7 Å². The van der Waals surface area contributed by atoms with E-state index in [2.05, 4.69) is 9.97 Å². The molecule has 0 radical (unpaired) electrons. The third-order valence-electron chi connectivity index (χ3n) is 3.18. The predicted octanol–water partition coefficient (Wildman–Crippen LogP) is 1.04. The van der Waals surface area contributed by atoms with Crippen molar-refractivity contribution in [3.05, 3.63) is 79.2 Å². The van der Waals surface area contributed by atoms with Crippen molar-refractivity contribution < 1.29 is 4.92 Å². The summed E-state index contributed by atoms with van der Waals surface area (Å²) in [4.78, 5) is 40.8. The molecule has 0 bridgehead atoms. The number of nitrogens with zero attached hydrogens (tertiary/aromatic N) is 3. The fourth-order valence-corrected chi connectivity index (χ4v) is 2.16. The van der Waals surface area contributed by atoms with Crippen LogP contribution < -0.4 is 11.1 Å². The standard InChI is InChI=1S/C14H10N4O4/c19-13-9-4-1-2-5-10(9)15-12(16-13)8-17-7-3-6-11(14(17)20)18(21)22/h1-7H,8H2,(H,15,16,19). The maximum atomic E-state index is 12.0. The van der Waals surface area contributed by atoms with Gasteiger partial charge in [0.15, 0.2) is 0 Å². The van der Waals surface area contributed by atoms with Gasteiger partial charge in [-0.2, -0.15) is 0 Å². The van der Waals surface area contributed by atoms with Gasteiger partial charge in [-0.05, 0) is 18.2 Å². The quantitative estimate of drug-likeness (QED) is 0.573. The number of H-pyrrole nitrogens is 1. The molecule has 110 valence electrons. The Bertz CT molecular complexity index is 990. The number of aromatic nitrogens is 3. The van der Waals surface area contributed by atoms with Crippen molar-refractivity contribution in [1.29, 1.82) is 0 Å². The maximum Gasteiger partial charge on any atom is 0.334 e. The highest BCUT2D eigenvalue weighted by Gasteiger charge is 2.14. The first-order chi connectivity index (χ1) is 10.6. The van der Waals surface area contributed by atoms with E-state index in [4.69, 9.17) is 0 Å². The number of pyridine rings is 1. The number of nitro groups is 1. The average Bonchev–Trinajstić information content (AvgIpc) is 2.49. The Morgan fingerprint density at radius 1 is 1.18 bits per heavy atom. The second-order valence-electron chi connectivity index (χ2n) is 4.61. The van der Waals surface area contributed by atoms with Crippen LogP contribution in [0.3, 0.4) is 0 Å². The molecule has 0 fully saturated rings. The van der Waals surface area contributed by atoms with Crippen LogP contribution in [-0.4, -0.2) is 19.5 Å². The minimum absolute atomic E-state index is 0.0550. The third-order valence-corrected chi connectivity index (χ3v) is 3.18. The van der Waals surface area contributed by atoms with Crippen LogP contribution in [0.1, 0.15) is 5.82 Å². The molecule has 8 nitrogen and oxygen atoms in total. The lowest BCUT2D eigenvalue weighted by molar-refractivity contribution is -0.386. The largest absolute Gasteiger partial charge is 0.334 e. The SMILES string of the molecule is O=c1[nH]c(Cn2cccc([N+](=O)[O-])c2=O)nc2ccccc12. The number of fused-ring (bicyclic) bond motifs is 1. The van der Waals surface area contributed by atoms with Gasteiger partial charge in [0.25, 0.3) is 5.56 Å². The lowest BCUT2D eigenvalue weighted by Gasteiger charge is -2.05.